The molecule has 0 unspecified atom stereocenters. The molecule has 13 heteroatoms. The Morgan fingerprint density at radius 2 is 1.52 bits per heavy atom. The number of carboxylic acid groups (broad SMARTS) is 1. The molecule has 0 radical (unpaired) electrons. The third-order valence-corrected chi connectivity index (χ3v) is 7.40. The Morgan fingerprint density at radius 1 is 1.00 bits per heavy atom. The summed E-state index contributed by atoms with van der Waals surface area (Å²) in [4.78, 5) is 64.9. The predicted molar refractivity (Wildman–Crippen MR) is 142 cm³/mol. The number of nitrogens with one attached hydrogen (secondary N) is 1. The summed E-state index contributed by atoms with van der Waals surface area (Å²) in [6.45, 7) is 4.11. The molecule has 42 heavy (non-hydrogen) atoms. The van der Waals surface area contributed by atoms with Crippen molar-refractivity contribution in [3.05, 3.63) is 71.8 Å². The van der Waals surface area contributed by atoms with E-state index in [9.17, 15) is 32.3 Å². The SMILES string of the molecule is CCN(C[C@H]1N[C@@](Cc2ccccc2)(C(=O)OC)[C@H]2C(=O)N(Cc3ccccc3)C(=O)[C@@H]12)C(C)=O.O=C(O)C(F)(F)F. The summed E-state index contributed by atoms with van der Waals surface area (Å²) in [5, 5.41) is 10.5. The van der Waals surface area contributed by atoms with Gasteiger partial charge in [0.1, 0.15) is 5.54 Å². The Morgan fingerprint density at radius 3 is 1.98 bits per heavy atom. The zero-order chi connectivity index (χ0) is 31.2. The molecule has 0 aliphatic carbocycles. The lowest BCUT2D eigenvalue weighted by Gasteiger charge is -2.33. The lowest BCUT2D eigenvalue weighted by atomic mass is 9.76. The second kappa shape index (κ2) is 13.1. The lowest BCUT2D eigenvalue weighted by molar-refractivity contribution is -0.192. The van der Waals surface area contributed by atoms with E-state index < -0.39 is 47.4 Å². The van der Waals surface area contributed by atoms with Crippen LogP contribution in [-0.4, -0.2) is 82.5 Å². The van der Waals surface area contributed by atoms with E-state index in [2.05, 4.69) is 5.32 Å². The molecule has 2 N–H and O–H groups in total. The average Bonchev–Trinajstić information content (AvgIpc) is 3.40. The topological polar surface area (TPSA) is 133 Å². The fraction of sp³-hybridized carbons (Fsp3) is 0.414. The molecule has 2 saturated heterocycles. The Kier molecular flexibility index (Phi) is 10.1. The molecule has 2 aromatic rings. The van der Waals surface area contributed by atoms with Gasteiger partial charge in [-0.05, 0) is 18.1 Å². The second-order valence-corrected chi connectivity index (χ2v) is 9.99. The third kappa shape index (κ3) is 6.78. The minimum absolute atomic E-state index is 0.130. The van der Waals surface area contributed by atoms with Crippen LogP contribution < -0.4 is 5.32 Å². The number of carbonyl (C=O) groups excluding carboxylic acids is 4. The van der Waals surface area contributed by atoms with E-state index in [0.29, 0.717) is 6.54 Å². The fourth-order valence-electron chi connectivity index (χ4n) is 5.50. The van der Waals surface area contributed by atoms with Gasteiger partial charge in [0, 0.05) is 32.5 Å². The molecule has 0 spiro atoms. The summed E-state index contributed by atoms with van der Waals surface area (Å²) in [5.41, 5.74) is 0.231. The summed E-state index contributed by atoms with van der Waals surface area (Å²) < 4.78 is 37.0. The number of hydrogen-bond acceptors (Lipinski definition) is 7. The number of carbonyl (C=O) groups is 5. The number of amides is 3. The summed E-state index contributed by atoms with van der Waals surface area (Å²) in [6, 6.07) is 18.1. The van der Waals surface area contributed by atoms with Crippen LogP contribution in [0.25, 0.3) is 0 Å². The molecular formula is C29H32F3N3O7. The summed E-state index contributed by atoms with van der Waals surface area (Å²) in [6.07, 6.45) is -4.90. The number of alkyl halides is 3. The van der Waals surface area contributed by atoms with Crippen molar-refractivity contribution in [2.45, 2.75) is 44.6 Å². The van der Waals surface area contributed by atoms with E-state index in [4.69, 9.17) is 14.6 Å². The first-order valence-corrected chi connectivity index (χ1v) is 13.1. The molecule has 4 rings (SSSR count). The van der Waals surface area contributed by atoms with Gasteiger partial charge < -0.3 is 14.7 Å². The zero-order valence-electron chi connectivity index (χ0n) is 23.3. The summed E-state index contributed by atoms with van der Waals surface area (Å²) in [5.74, 6) is -5.95. The van der Waals surface area contributed by atoms with E-state index in [-0.39, 0.29) is 31.3 Å². The molecule has 0 bridgehead atoms. The van der Waals surface area contributed by atoms with Crippen LogP contribution in [0.5, 0.6) is 0 Å². The van der Waals surface area contributed by atoms with E-state index in [1.165, 1.54) is 18.9 Å². The van der Waals surface area contributed by atoms with Gasteiger partial charge in [-0.25, -0.2) is 4.79 Å². The van der Waals surface area contributed by atoms with Gasteiger partial charge >= 0.3 is 18.1 Å². The molecule has 2 aliphatic rings. The lowest BCUT2D eigenvalue weighted by Crippen LogP contribution is -2.59. The van der Waals surface area contributed by atoms with E-state index in [1.807, 2.05) is 67.6 Å². The number of nitrogens with zero attached hydrogens (tertiary/aromatic N) is 2. The van der Waals surface area contributed by atoms with Gasteiger partial charge in [-0.3, -0.25) is 29.4 Å². The zero-order valence-corrected chi connectivity index (χ0v) is 23.3. The quantitative estimate of drug-likeness (QED) is 0.353. The van der Waals surface area contributed by atoms with Gasteiger partial charge in [0.05, 0.1) is 25.5 Å². The molecule has 2 aromatic carbocycles. The molecule has 3 amide bonds. The first-order chi connectivity index (χ1) is 19.8. The number of esters is 1. The number of imide groups is 1. The Labute approximate surface area is 240 Å². The van der Waals surface area contributed by atoms with Crippen molar-refractivity contribution in [3.8, 4) is 0 Å². The smallest absolute Gasteiger partial charge is 0.475 e. The standard InChI is InChI=1S/C27H31N3O5.C2HF3O2/c1-4-29(18(2)31)17-21-22-23(25(33)30(24(22)32)16-20-13-9-6-10-14-20)27(28-21,26(34)35-3)15-19-11-7-5-8-12-19;3-2(4,5)1(6)7/h5-14,21-23,28H,4,15-17H2,1-3H3;(H,6,7)/t21-,22+,23-,27-;/m1./s1. The van der Waals surface area contributed by atoms with Gasteiger partial charge in [-0.1, -0.05) is 60.7 Å². The van der Waals surface area contributed by atoms with Gasteiger partial charge in [0.15, 0.2) is 0 Å². The number of ether oxygens (including phenoxy) is 1. The number of rotatable bonds is 8. The van der Waals surface area contributed by atoms with Crippen LogP contribution >= 0.6 is 0 Å². The Hall–Kier alpha value is -4.26. The number of likely N-dealkylation sites (tertiary alicyclic amines) is 1. The monoisotopic (exact) mass is 591 g/mol. The van der Waals surface area contributed by atoms with Crippen molar-refractivity contribution in [3.63, 3.8) is 0 Å². The largest absolute Gasteiger partial charge is 0.490 e. The van der Waals surface area contributed by atoms with Crippen molar-refractivity contribution < 1.29 is 47.0 Å². The number of fused-ring (bicyclic) bond motifs is 1. The number of benzene rings is 2. The maximum absolute atomic E-state index is 13.8. The first kappa shape index (κ1) is 32.3. The highest BCUT2D eigenvalue weighted by atomic mass is 19.4. The van der Waals surface area contributed by atoms with Crippen LogP contribution in [0.1, 0.15) is 25.0 Å². The van der Waals surface area contributed by atoms with Crippen LogP contribution in [-0.2, 0) is 41.7 Å². The Bertz CT molecular complexity index is 1310. The van der Waals surface area contributed by atoms with Crippen molar-refractivity contribution in [2.24, 2.45) is 11.8 Å². The predicted octanol–water partition coefficient (Wildman–Crippen LogP) is 2.42. The molecule has 226 valence electrons. The Balaban J connectivity index is 0.000000616. The number of methoxy groups -OCH3 is 1. The van der Waals surface area contributed by atoms with E-state index in [1.54, 1.807) is 4.90 Å². The maximum Gasteiger partial charge on any atom is 0.490 e. The number of aliphatic carboxylic acids is 1. The highest BCUT2D eigenvalue weighted by Gasteiger charge is 2.68. The number of carboxylic acids is 1. The first-order valence-electron chi connectivity index (χ1n) is 13.1. The molecule has 10 nitrogen and oxygen atoms in total. The van der Waals surface area contributed by atoms with Crippen LogP contribution in [0.4, 0.5) is 13.2 Å². The van der Waals surface area contributed by atoms with Gasteiger partial charge in [0.2, 0.25) is 17.7 Å². The van der Waals surface area contributed by atoms with Crippen molar-refractivity contribution in [1.29, 1.82) is 0 Å². The van der Waals surface area contributed by atoms with Crippen molar-refractivity contribution in [1.82, 2.24) is 15.1 Å². The average molecular weight is 592 g/mol. The molecular weight excluding hydrogens is 559 g/mol. The highest BCUT2D eigenvalue weighted by Crippen LogP contribution is 2.45. The van der Waals surface area contributed by atoms with Gasteiger partial charge in [0.25, 0.3) is 0 Å². The minimum atomic E-state index is -5.08. The van der Waals surface area contributed by atoms with Crippen molar-refractivity contribution in [2.75, 3.05) is 20.2 Å². The summed E-state index contributed by atoms with van der Waals surface area (Å²) in [7, 11) is 1.29. The number of hydrogen-bond donors (Lipinski definition) is 2. The molecule has 0 aromatic heterocycles. The molecule has 0 saturated carbocycles. The second-order valence-electron chi connectivity index (χ2n) is 9.99. The van der Waals surface area contributed by atoms with Crippen LogP contribution in [0.3, 0.4) is 0 Å². The molecule has 2 fully saturated rings. The van der Waals surface area contributed by atoms with Crippen LogP contribution in [0.2, 0.25) is 0 Å². The van der Waals surface area contributed by atoms with Gasteiger partial charge in [-0.15, -0.1) is 0 Å². The van der Waals surface area contributed by atoms with Crippen LogP contribution in [0.15, 0.2) is 60.7 Å². The highest BCUT2D eigenvalue weighted by molar-refractivity contribution is 6.09. The summed E-state index contributed by atoms with van der Waals surface area (Å²) >= 11 is 0. The molecule has 4 atom stereocenters. The third-order valence-electron chi connectivity index (χ3n) is 7.40. The number of likely N-dealkylation sites (N-methyl/N-ethyl adjacent to an activating group) is 1. The van der Waals surface area contributed by atoms with E-state index in [0.717, 1.165) is 11.1 Å². The van der Waals surface area contributed by atoms with Crippen molar-refractivity contribution >= 4 is 29.7 Å². The van der Waals surface area contributed by atoms with Gasteiger partial charge in [-0.2, -0.15) is 13.2 Å². The molecule has 2 aliphatic heterocycles. The fourth-order valence-corrected chi connectivity index (χ4v) is 5.50. The number of halogens is 3. The maximum atomic E-state index is 13.8. The van der Waals surface area contributed by atoms with Crippen LogP contribution in [0, 0.1) is 11.8 Å². The minimum Gasteiger partial charge on any atom is -0.475 e. The normalized spacial score (nSPS) is 23.1. The molecule has 2 heterocycles. The van der Waals surface area contributed by atoms with E-state index >= 15 is 0 Å².